The van der Waals surface area contributed by atoms with Crippen molar-refractivity contribution in [2.75, 3.05) is 11.9 Å². The van der Waals surface area contributed by atoms with Crippen molar-refractivity contribution in [2.24, 2.45) is 0 Å². The number of carbonyl (C=O) groups is 1. The Balaban J connectivity index is 2.93. The molecule has 1 aromatic rings. The lowest BCUT2D eigenvalue weighted by molar-refractivity contribution is 0.168. The van der Waals surface area contributed by atoms with Crippen LogP contribution in [0.3, 0.4) is 0 Å². The topological polar surface area (TPSA) is 38.3 Å². The van der Waals surface area contributed by atoms with Gasteiger partial charge in [0, 0.05) is 0 Å². The Bertz CT molecular complexity index is 436. The summed E-state index contributed by atoms with van der Waals surface area (Å²) in [6, 6.07) is 5.78. The first kappa shape index (κ1) is 13.0. The maximum absolute atomic E-state index is 11.3. The predicted octanol–water partition coefficient (Wildman–Crippen LogP) is 3.76. The molecule has 0 unspecified atom stereocenters. The second-order valence-corrected chi connectivity index (χ2v) is 3.53. The number of nitrogens with one attached hydrogen (secondary N) is 1. The lowest BCUT2D eigenvalue weighted by atomic mass is 10.1. The zero-order valence-corrected chi connectivity index (χ0v) is 10.2. The number of anilines is 1. The van der Waals surface area contributed by atoms with Gasteiger partial charge in [0.1, 0.15) is 0 Å². The van der Waals surface area contributed by atoms with E-state index in [1.54, 1.807) is 13.0 Å². The van der Waals surface area contributed by atoms with Crippen LogP contribution in [0.2, 0.25) is 0 Å². The largest absolute Gasteiger partial charge is 0.450 e. The molecular formula is C14H17NO2. The fourth-order valence-electron chi connectivity index (χ4n) is 1.38. The van der Waals surface area contributed by atoms with Crippen molar-refractivity contribution in [2.45, 2.75) is 13.8 Å². The molecule has 0 saturated carbocycles. The molecule has 1 amide bonds. The highest BCUT2D eigenvalue weighted by atomic mass is 16.5. The maximum atomic E-state index is 11.3. The van der Waals surface area contributed by atoms with Crippen molar-refractivity contribution in [1.82, 2.24) is 0 Å². The van der Waals surface area contributed by atoms with Crippen molar-refractivity contribution >= 4 is 17.9 Å². The van der Waals surface area contributed by atoms with Gasteiger partial charge in [-0.05, 0) is 31.5 Å². The van der Waals surface area contributed by atoms with Gasteiger partial charge in [-0.25, -0.2) is 4.79 Å². The number of carbonyl (C=O) groups excluding carboxylic acids is 1. The third-order valence-electron chi connectivity index (χ3n) is 2.13. The van der Waals surface area contributed by atoms with Gasteiger partial charge in [0.05, 0.1) is 12.3 Å². The number of hydrogen-bond donors (Lipinski definition) is 1. The maximum Gasteiger partial charge on any atom is 0.411 e. The van der Waals surface area contributed by atoms with Crippen LogP contribution in [0.15, 0.2) is 36.9 Å². The second kappa shape index (κ2) is 6.53. The van der Waals surface area contributed by atoms with E-state index < -0.39 is 6.09 Å². The molecule has 1 aromatic carbocycles. The van der Waals surface area contributed by atoms with Gasteiger partial charge >= 0.3 is 6.09 Å². The van der Waals surface area contributed by atoms with Crippen LogP contribution in [0.4, 0.5) is 10.5 Å². The SMILES string of the molecule is C=C/C=C/c1cc(C)ccc1NC(=O)OCC. The lowest BCUT2D eigenvalue weighted by Gasteiger charge is -2.09. The summed E-state index contributed by atoms with van der Waals surface area (Å²) in [6.07, 6.45) is 4.97. The summed E-state index contributed by atoms with van der Waals surface area (Å²) in [5.74, 6) is 0. The molecule has 17 heavy (non-hydrogen) atoms. The number of hydrogen-bond acceptors (Lipinski definition) is 2. The first-order chi connectivity index (χ1) is 8.17. The van der Waals surface area contributed by atoms with Crippen LogP contribution in [0.25, 0.3) is 6.08 Å². The molecule has 0 radical (unpaired) electrons. The van der Waals surface area contributed by atoms with Gasteiger partial charge in [-0.15, -0.1) is 0 Å². The molecule has 0 aliphatic rings. The van der Waals surface area contributed by atoms with Crippen LogP contribution < -0.4 is 5.32 Å². The molecular weight excluding hydrogens is 214 g/mol. The molecule has 1 rings (SSSR count). The fourth-order valence-corrected chi connectivity index (χ4v) is 1.38. The van der Waals surface area contributed by atoms with Crippen molar-refractivity contribution in [3.63, 3.8) is 0 Å². The Hall–Kier alpha value is -2.03. The first-order valence-corrected chi connectivity index (χ1v) is 5.51. The van der Waals surface area contributed by atoms with Crippen LogP contribution in [0, 0.1) is 6.92 Å². The number of aryl methyl sites for hydroxylation is 1. The summed E-state index contributed by atoms with van der Waals surface area (Å²) in [6.45, 7) is 7.75. The zero-order valence-electron chi connectivity index (χ0n) is 10.2. The lowest BCUT2D eigenvalue weighted by Crippen LogP contribution is -2.14. The summed E-state index contributed by atoms with van der Waals surface area (Å²) >= 11 is 0. The van der Waals surface area contributed by atoms with E-state index in [0.717, 1.165) is 16.8 Å². The number of amides is 1. The minimum absolute atomic E-state index is 0.357. The average molecular weight is 231 g/mol. The van der Waals surface area contributed by atoms with Gasteiger partial charge in [0.25, 0.3) is 0 Å². The Kier molecular flexibility index (Phi) is 5.01. The molecule has 0 spiro atoms. The molecule has 0 heterocycles. The number of benzene rings is 1. The molecule has 3 nitrogen and oxygen atoms in total. The van der Waals surface area contributed by atoms with Gasteiger partial charge in [-0.1, -0.05) is 36.4 Å². The Labute approximate surface area is 102 Å². The predicted molar refractivity (Wildman–Crippen MR) is 71.1 cm³/mol. The van der Waals surface area contributed by atoms with Crippen molar-refractivity contribution in [3.05, 3.63) is 48.1 Å². The van der Waals surface area contributed by atoms with E-state index in [0.29, 0.717) is 6.61 Å². The Morgan fingerprint density at radius 2 is 2.29 bits per heavy atom. The van der Waals surface area contributed by atoms with E-state index in [9.17, 15) is 4.79 Å². The zero-order chi connectivity index (χ0) is 12.7. The van der Waals surface area contributed by atoms with Crippen LogP contribution in [-0.2, 0) is 4.74 Å². The summed E-state index contributed by atoms with van der Waals surface area (Å²) in [5.41, 5.74) is 2.79. The van der Waals surface area contributed by atoms with Gasteiger partial charge in [0.2, 0.25) is 0 Å². The minimum atomic E-state index is -0.440. The standard InChI is InChI=1S/C14H17NO2/c1-4-6-7-12-10-11(3)8-9-13(12)15-14(16)17-5-2/h4,6-10H,1,5H2,2-3H3,(H,15,16)/b7-6+. The highest BCUT2D eigenvalue weighted by Crippen LogP contribution is 2.19. The third-order valence-corrected chi connectivity index (χ3v) is 2.13. The molecule has 0 saturated heterocycles. The molecule has 3 heteroatoms. The van der Waals surface area contributed by atoms with E-state index >= 15 is 0 Å². The normalized spacial score (nSPS) is 10.2. The first-order valence-electron chi connectivity index (χ1n) is 5.51. The van der Waals surface area contributed by atoms with Gasteiger partial charge in [-0.2, -0.15) is 0 Å². The summed E-state index contributed by atoms with van der Waals surface area (Å²) in [4.78, 5) is 11.3. The molecule has 0 aliphatic carbocycles. The molecule has 0 aromatic heterocycles. The van der Waals surface area contributed by atoms with Crippen LogP contribution in [0.5, 0.6) is 0 Å². The fraction of sp³-hybridized carbons (Fsp3) is 0.214. The smallest absolute Gasteiger partial charge is 0.411 e. The molecule has 0 aliphatic heterocycles. The second-order valence-electron chi connectivity index (χ2n) is 3.53. The van der Waals surface area contributed by atoms with Crippen molar-refractivity contribution in [1.29, 1.82) is 0 Å². The van der Waals surface area contributed by atoms with E-state index in [1.807, 2.05) is 37.3 Å². The molecule has 0 atom stereocenters. The Morgan fingerprint density at radius 3 is 2.94 bits per heavy atom. The summed E-state index contributed by atoms with van der Waals surface area (Å²) in [5, 5.41) is 2.70. The van der Waals surface area contributed by atoms with Crippen molar-refractivity contribution < 1.29 is 9.53 Å². The van der Waals surface area contributed by atoms with Crippen LogP contribution in [0.1, 0.15) is 18.1 Å². The van der Waals surface area contributed by atoms with E-state index in [4.69, 9.17) is 4.74 Å². The van der Waals surface area contributed by atoms with Crippen LogP contribution in [-0.4, -0.2) is 12.7 Å². The molecule has 0 fully saturated rings. The highest BCUT2D eigenvalue weighted by Gasteiger charge is 2.05. The monoisotopic (exact) mass is 231 g/mol. The number of allylic oxidation sites excluding steroid dienone is 2. The molecule has 90 valence electrons. The minimum Gasteiger partial charge on any atom is -0.450 e. The highest BCUT2D eigenvalue weighted by molar-refractivity contribution is 5.88. The summed E-state index contributed by atoms with van der Waals surface area (Å²) in [7, 11) is 0. The van der Waals surface area contributed by atoms with E-state index in [1.165, 1.54) is 0 Å². The van der Waals surface area contributed by atoms with Crippen molar-refractivity contribution in [3.8, 4) is 0 Å². The molecule has 1 N–H and O–H groups in total. The Morgan fingerprint density at radius 1 is 1.53 bits per heavy atom. The van der Waals surface area contributed by atoms with Gasteiger partial charge in [0.15, 0.2) is 0 Å². The van der Waals surface area contributed by atoms with E-state index in [2.05, 4.69) is 11.9 Å². The van der Waals surface area contributed by atoms with Gasteiger partial charge in [-0.3, -0.25) is 5.32 Å². The molecule has 0 bridgehead atoms. The van der Waals surface area contributed by atoms with Gasteiger partial charge < -0.3 is 4.74 Å². The quantitative estimate of drug-likeness (QED) is 0.801. The van der Waals surface area contributed by atoms with Crippen LogP contribution >= 0.6 is 0 Å². The number of rotatable bonds is 4. The average Bonchev–Trinajstić information content (AvgIpc) is 2.30. The number of ether oxygens (including phenoxy) is 1. The third kappa shape index (κ3) is 4.15. The summed E-state index contributed by atoms with van der Waals surface area (Å²) < 4.78 is 4.84. The van der Waals surface area contributed by atoms with E-state index in [-0.39, 0.29) is 0 Å².